The summed E-state index contributed by atoms with van der Waals surface area (Å²) in [6.07, 6.45) is 1.33. The smallest absolute Gasteiger partial charge is 0.242 e. The van der Waals surface area contributed by atoms with Crippen LogP contribution in [0.2, 0.25) is 0 Å². The van der Waals surface area contributed by atoms with Crippen LogP contribution in [0, 0.1) is 0 Å². The van der Waals surface area contributed by atoms with Crippen LogP contribution in [0.3, 0.4) is 0 Å². The van der Waals surface area contributed by atoms with Crippen molar-refractivity contribution in [2.24, 2.45) is 0 Å². The van der Waals surface area contributed by atoms with Gasteiger partial charge < -0.3 is 25.8 Å². The van der Waals surface area contributed by atoms with Crippen molar-refractivity contribution in [3.63, 3.8) is 0 Å². The first kappa shape index (κ1) is 16.0. The predicted molar refractivity (Wildman–Crippen MR) is 75.6 cm³/mol. The first-order valence-electron chi connectivity index (χ1n) is 6.36. The first-order valence-corrected chi connectivity index (χ1v) is 6.36. The Balaban J connectivity index is 2.63. The van der Waals surface area contributed by atoms with E-state index in [9.17, 15) is 4.79 Å². The molecule has 0 aliphatic heterocycles. The summed E-state index contributed by atoms with van der Waals surface area (Å²) in [6.45, 7) is 4.91. The van der Waals surface area contributed by atoms with E-state index in [2.05, 4.69) is 20.6 Å². The summed E-state index contributed by atoms with van der Waals surface area (Å²) in [5.41, 5.74) is 6.16. The Morgan fingerprint density at radius 1 is 1.50 bits per heavy atom. The van der Waals surface area contributed by atoms with Gasteiger partial charge in [0.15, 0.2) is 5.82 Å². The Labute approximate surface area is 118 Å². The quantitative estimate of drug-likeness (QED) is 0.577. The second kappa shape index (κ2) is 8.16. The van der Waals surface area contributed by atoms with Crippen LogP contribution in [0.25, 0.3) is 0 Å². The lowest BCUT2D eigenvalue weighted by atomic mass is 10.3. The number of nitrogen functional groups attached to an aromatic ring is 1. The van der Waals surface area contributed by atoms with Gasteiger partial charge in [-0.1, -0.05) is 0 Å². The largest absolute Gasteiger partial charge is 0.476 e. The van der Waals surface area contributed by atoms with Gasteiger partial charge in [-0.15, -0.1) is 0 Å². The zero-order valence-corrected chi connectivity index (χ0v) is 12.0. The number of aromatic nitrogens is 2. The summed E-state index contributed by atoms with van der Waals surface area (Å²) < 4.78 is 10.1. The number of hydrogen-bond donors (Lipinski definition) is 3. The fraction of sp³-hybridized carbons (Fsp3) is 0.583. The Bertz CT molecular complexity index is 441. The molecule has 20 heavy (non-hydrogen) atoms. The first-order chi connectivity index (χ1) is 9.60. The molecule has 0 radical (unpaired) electrons. The number of amides is 1. The third kappa shape index (κ3) is 4.54. The number of rotatable bonds is 8. The minimum Gasteiger partial charge on any atom is -0.476 e. The summed E-state index contributed by atoms with van der Waals surface area (Å²) in [5.74, 6) is 0.507. The molecule has 1 rings (SSSR count). The number of nitrogens with zero attached hydrogens (tertiary/aromatic N) is 2. The lowest BCUT2D eigenvalue weighted by Gasteiger charge is -2.16. The highest BCUT2D eigenvalue weighted by molar-refractivity contribution is 5.85. The average Bonchev–Trinajstić information content (AvgIpc) is 2.43. The fourth-order valence-electron chi connectivity index (χ4n) is 1.45. The maximum absolute atomic E-state index is 11.8. The Kier molecular flexibility index (Phi) is 6.51. The minimum absolute atomic E-state index is 0.168. The molecule has 0 saturated carbocycles. The van der Waals surface area contributed by atoms with Crippen molar-refractivity contribution >= 4 is 17.4 Å². The third-order valence-corrected chi connectivity index (χ3v) is 2.48. The van der Waals surface area contributed by atoms with Gasteiger partial charge in [0.25, 0.3) is 0 Å². The highest BCUT2D eigenvalue weighted by Gasteiger charge is 2.16. The molecule has 0 saturated heterocycles. The molecule has 0 bridgehead atoms. The molecule has 0 aliphatic rings. The number of hydrogen-bond acceptors (Lipinski definition) is 7. The van der Waals surface area contributed by atoms with Gasteiger partial charge in [-0.05, 0) is 13.8 Å². The number of nitrogens with two attached hydrogens (primary N) is 1. The lowest BCUT2D eigenvalue weighted by molar-refractivity contribution is -0.121. The number of ether oxygens (including phenoxy) is 2. The van der Waals surface area contributed by atoms with E-state index in [1.165, 1.54) is 6.33 Å². The zero-order valence-electron chi connectivity index (χ0n) is 12.0. The van der Waals surface area contributed by atoms with Gasteiger partial charge in [-0.2, -0.15) is 4.98 Å². The van der Waals surface area contributed by atoms with E-state index in [4.69, 9.17) is 15.2 Å². The number of carbonyl (C=O) groups is 1. The van der Waals surface area contributed by atoms with E-state index < -0.39 is 6.04 Å². The number of nitrogens with one attached hydrogen (secondary N) is 2. The average molecular weight is 283 g/mol. The van der Waals surface area contributed by atoms with Crippen LogP contribution in [-0.2, 0) is 9.53 Å². The van der Waals surface area contributed by atoms with E-state index in [1.54, 1.807) is 14.0 Å². The summed E-state index contributed by atoms with van der Waals surface area (Å²) in [6, 6.07) is -0.487. The molecule has 0 spiro atoms. The highest BCUT2D eigenvalue weighted by Crippen LogP contribution is 2.24. The van der Waals surface area contributed by atoms with Gasteiger partial charge >= 0.3 is 0 Å². The molecule has 1 heterocycles. The van der Waals surface area contributed by atoms with E-state index in [-0.39, 0.29) is 11.6 Å². The van der Waals surface area contributed by atoms with Gasteiger partial charge in [0.1, 0.15) is 18.1 Å². The molecular formula is C12H21N5O3. The van der Waals surface area contributed by atoms with E-state index in [1.807, 2.05) is 6.92 Å². The van der Waals surface area contributed by atoms with Crippen molar-refractivity contribution in [2.45, 2.75) is 19.9 Å². The molecule has 112 valence electrons. The fourth-order valence-corrected chi connectivity index (χ4v) is 1.45. The van der Waals surface area contributed by atoms with Crippen LogP contribution in [0.1, 0.15) is 13.8 Å². The minimum atomic E-state index is -0.487. The number of methoxy groups -OCH3 is 1. The molecule has 1 unspecified atom stereocenters. The van der Waals surface area contributed by atoms with Crippen LogP contribution >= 0.6 is 0 Å². The summed E-state index contributed by atoms with van der Waals surface area (Å²) in [5, 5.41) is 5.65. The molecule has 4 N–H and O–H groups in total. The number of carbonyl (C=O) groups excluding carboxylic acids is 1. The molecule has 1 aromatic rings. The molecule has 1 aromatic heterocycles. The molecule has 0 fully saturated rings. The summed E-state index contributed by atoms with van der Waals surface area (Å²) in [4.78, 5) is 19.7. The lowest BCUT2D eigenvalue weighted by Crippen LogP contribution is -2.39. The maximum Gasteiger partial charge on any atom is 0.242 e. The molecule has 1 amide bonds. The standard InChI is InChI=1S/C12H21N5O3/c1-4-20-12-9(13)10(15-7-16-12)17-8(2)11(18)14-5-6-19-3/h7-8H,4-6,13H2,1-3H3,(H,14,18)(H,15,16,17). The Hall–Kier alpha value is -2.09. The molecular weight excluding hydrogens is 262 g/mol. The van der Waals surface area contributed by atoms with Gasteiger partial charge in [-0.3, -0.25) is 4.79 Å². The highest BCUT2D eigenvalue weighted by atomic mass is 16.5. The topological polar surface area (TPSA) is 111 Å². The van der Waals surface area contributed by atoms with Crippen LogP contribution in [0.4, 0.5) is 11.5 Å². The summed E-state index contributed by atoms with van der Waals surface area (Å²) in [7, 11) is 1.57. The molecule has 1 atom stereocenters. The molecule has 8 nitrogen and oxygen atoms in total. The Morgan fingerprint density at radius 2 is 2.25 bits per heavy atom. The van der Waals surface area contributed by atoms with Gasteiger partial charge in [-0.25, -0.2) is 4.98 Å². The maximum atomic E-state index is 11.8. The van der Waals surface area contributed by atoms with Crippen molar-refractivity contribution in [2.75, 3.05) is 37.9 Å². The predicted octanol–water partition coefficient (Wildman–Crippen LogP) is 0.0205. The SMILES string of the molecule is CCOc1ncnc(NC(C)C(=O)NCCOC)c1N. The van der Waals surface area contributed by atoms with Crippen molar-refractivity contribution in [1.29, 1.82) is 0 Å². The van der Waals surface area contributed by atoms with Gasteiger partial charge in [0.2, 0.25) is 11.8 Å². The Morgan fingerprint density at radius 3 is 2.90 bits per heavy atom. The van der Waals surface area contributed by atoms with Crippen molar-refractivity contribution < 1.29 is 14.3 Å². The van der Waals surface area contributed by atoms with E-state index in [0.29, 0.717) is 31.5 Å². The second-order valence-corrected chi connectivity index (χ2v) is 4.02. The summed E-state index contributed by atoms with van der Waals surface area (Å²) >= 11 is 0. The van der Waals surface area contributed by atoms with Crippen molar-refractivity contribution in [3.8, 4) is 5.88 Å². The van der Waals surface area contributed by atoms with Crippen LogP contribution in [0.5, 0.6) is 5.88 Å². The van der Waals surface area contributed by atoms with Crippen molar-refractivity contribution in [1.82, 2.24) is 15.3 Å². The van der Waals surface area contributed by atoms with Crippen LogP contribution < -0.4 is 21.1 Å². The molecule has 0 aromatic carbocycles. The monoisotopic (exact) mass is 283 g/mol. The van der Waals surface area contributed by atoms with Crippen molar-refractivity contribution in [3.05, 3.63) is 6.33 Å². The van der Waals surface area contributed by atoms with E-state index in [0.717, 1.165) is 0 Å². The van der Waals surface area contributed by atoms with Crippen LogP contribution in [0.15, 0.2) is 6.33 Å². The molecule has 0 aliphatic carbocycles. The third-order valence-electron chi connectivity index (χ3n) is 2.48. The normalized spacial score (nSPS) is 11.8. The van der Waals surface area contributed by atoms with Gasteiger partial charge in [0.05, 0.1) is 13.2 Å². The van der Waals surface area contributed by atoms with Crippen LogP contribution in [-0.4, -0.2) is 48.8 Å². The second-order valence-electron chi connectivity index (χ2n) is 4.02. The number of anilines is 2. The van der Waals surface area contributed by atoms with E-state index >= 15 is 0 Å². The zero-order chi connectivity index (χ0) is 15.0. The molecule has 8 heteroatoms. The van der Waals surface area contributed by atoms with Gasteiger partial charge in [0, 0.05) is 13.7 Å².